The fourth-order valence-electron chi connectivity index (χ4n) is 3.83. The summed E-state index contributed by atoms with van der Waals surface area (Å²) in [6.07, 6.45) is 6.13. The van der Waals surface area contributed by atoms with Gasteiger partial charge < -0.3 is 4.90 Å². The third kappa shape index (κ3) is 4.11. The fourth-order valence-corrected chi connectivity index (χ4v) is 3.83. The van der Waals surface area contributed by atoms with Crippen molar-refractivity contribution in [3.05, 3.63) is 83.7 Å². The number of pyridine rings is 1. The van der Waals surface area contributed by atoms with E-state index >= 15 is 0 Å². The molecule has 0 aliphatic carbocycles. The lowest BCUT2D eigenvalue weighted by Crippen LogP contribution is -2.27. The maximum absolute atomic E-state index is 12.5. The van der Waals surface area contributed by atoms with E-state index in [4.69, 9.17) is 0 Å². The van der Waals surface area contributed by atoms with Gasteiger partial charge in [0.15, 0.2) is 5.78 Å². The molecule has 146 valence electrons. The third-order valence-corrected chi connectivity index (χ3v) is 5.51. The molecule has 29 heavy (non-hydrogen) atoms. The lowest BCUT2D eigenvalue weighted by atomic mass is 9.98. The molecule has 0 fully saturated rings. The zero-order chi connectivity index (χ0) is 20.2. The number of hydrogen-bond acceptors (Lipinski definition) is 3. The van der Waals surface area contributed by atoms with Gasteiger partial charge in [0.05, 0.1) is 0 Å². The molecular weight excluding hydrogens is 360 g/mol. The SMILES string of the molecule is CCC(=O)N1CCc2cc(-c3ccc(C(=O)CCc4ccncc4)cc3)ccc21. The van der Waals surface area contributed by atoms with Crippen LogP contribution in [0.25, 0.3) is 11.1 Å². The topological polar surface area (TPSA) is 50.3 Å². The average molecular weight is 384 g/mol. The predicted octanol–water partition coefficient (Wildman–Crippen LogP) is 4.86. The Balaban J connectivity index is 1.45. The van der Waals surface area contributed by atoms with Crippen molar-refractivity contribution in [2.75, 3.05) is 11.4 Å². The Hall–Kier alpha value is -3.27. The Labute approximate surface area is 171 Å². The summed E-state index contributed by atoms with van der Waals surface area (Å²) in [5, 5.41) is 0. The van der Waals surface area contributed by atoms with E-state index in [0.29, 0.717) is 12.8 Å². The summed E-state index contributed by atoms with van der Waals surface area (Å²) in [5.74, 6) is 0.321. The standard InChI is InChI=1S/C25H24N2O2/c1-2-25(29)27-16-13-22-17-21(8-9-23(22)27)19-4-6-20(7-5-19)24(28)10-3-18-11-14-26-15-12-18/h4-9,11-12,14-15,17H,2-3,10,13,16H2,1H3. The van der Waals surface area contributed by atoms with Gasteiger partial charge in [0.25, 0.3) is 0 Å². The van der Waals surface area contributed by atoms with Gasteiger partial charge in [0.1, 0.15) is 0 Å². The molecule has 4 nitrogen and oxygen atoms in total. The van der Waals surface area contributed by atoms with Crippen LogP contribution in [0, 0.1) is 0 Å². The van der Waals surface area contributed by atoms with E-state index in [1.54, 1.807) is 12.4 Å². The monoisotopic (exact) mass is 384 g/mol. The molecule has 0 unspecified atom stereocenters. The number of carbonyl (C=O) groups is 2. The van der Waals surface area contributed by atoms with E-state index in [9.17, 15) is 9.59 Å². The summed E-state index contributed by atoms with van der Waals surface area (Å²) in [4.78, 5) is 30.4. The van der Waals surface area contributed by atoms with Crippen LogP contribution in [0.2, 0.25) is 0 Å². The number of aromatic nitrogens is 1. The Morgan fingerprint density at radius 3 is 2.41 bits per heavy atom. The van der Waals surface area contributed by atoms with Gasteiger partial charge in [-0.25, -0.2) is 0 Å². The minimum absolute atomic E-state index is 0.149. The first-order valence-corrected chi connectivity index (χ1v) is 10.1. The molecule has 1 aromatic heterocycles. The maximum Gasteiger partial charge on any atom is 0.226 e. The van der Waals surface area contributed by atoms with Gasteiger partial charge >= 0.3 is 0 Å². The van der Waals surface area contributed by atoms with Crippen molar-refractivity contribution in [2.45, 2.75) is 32.6 Å². The van der Waals surface area contributed by atoms with E-state index in [2.05, 4.69) is 17.1 Å². The molecule has 4 rings (SSSR count). The minimum Gasteiger partial charge on any atom is -0.312 e. The molecule has 1 amide bonds. The number of carbonyl (C=O) groups excluding carboxylic acids is 2. The van der Waals surface area contributed by atoms with Gasteiger partial charge in [-0.15, -0.1) is 0 Å². The number of rotatable bonds is 6. The van der Waals surface area contributed by atoms with Gasteiger partial charge in [-0.1, -0.05) is 37.3 Å². The summed E-state index contributed by atoms with van der Waals surface area (Å²) in [7, 11) is 0. The van der Waals surface area contributed by atoms with Gasteiger partial charge in [-0.2, -0.15) is 0 Å². The molecule has 4 heteroatoms. The summed E-state index contributed by atoms with van der Waals surface area (Å²) in [6, 6.07) is 18.0. The molecule has 1 aliphatic rings. The highest BCUT2D eigenvalue weighted by atomic mass is 16.2. The van der Waals surface area contributed by atoms with Gasteiger partial charge in [-0.3, -0.25) is 14.6 Å². The second kappa shape index (κ2) is 8.39. The van der Waals surface area contributed by atoms with Crippen LogP contribution in [-0.2, 0) is 17.6 Å². The van der Waals surface area contributed by atoms with Gasteiger partial charge in [-0.05, 0) is 59.4 Å². The molecule has 0 saturated heterocycles. The first-order chi connectivity index (χ1) is 14.2. The van der Waals surface area contributed by atoms with Crippen LogP contribution in [0.1, 0.15) is 41.3 Å². The molecule has 2 aromatic carbocycles. The number of aryl methyl sites for hydroxylation is 1. The highest BCUT2D eigenvalue weighted by molar-refractivity contribution is 5.97. The number of amides is 1. The molecule has 0 bridgehead atoms. The van der Waals surface area contributed by atoms with E-state index < -0.39 is 0 Å². The normalized spacial score (nSPS) is 12.7. The highest BCUT2D eigenvalue weighted by Crippen LogP contribution is 2.32. The van der Waals surface area contributed by atoms with Crippen molar-refractivity contribution >= 4 is 17.4 Å². The molecule has 0 atom stereocenters. The van der Waals surface area contributed by atoms with Crippen molar-refractivity contribution in [3.63, 3.8) is 0 Å². The van der Waals surface area contributed by atoms with Crippen LogP contribution in [0.5, 0.6) is 0 Å². The number of benzene rings is 2. The number of ketones is 1. The second-order valence-corrected chi connectivity index (χ2v) is 7.35. The Kier molecular flexibility index (Phi) is 5.52. The molecular formula is C25H24N2O2. The smallest absolute Gasteiger partial charge is 0.226 e. The first-order valence-electron chi connectivity index (χ1n) is 10.1. The van der Waals surface area contributed by atoms with Gasteiger partial charge in [0.2, 0.25) is 5.91 Å². The van der Waals surface area contributed by atoms with E-state index in [1.165, 1.54) is 5.56 Å². The van der Waals surface area contributed by atoms with E-state index in [1.807, 2.05) is 54.3 Å². The zero-order valence-electron chi connectivity index (χ0n) is 16.6. The number of Topliss-reactive ketones (excluding diaryl/α,β-unsaturated/α-hetero) is 1. The van der Waals surface area contributed by atoms with Crippen molar-refractivity contribution < 1.29 is 9.59 Å². The van der Waals surface area contributed by atoms with Crippen LogP contribution >= 0.6 is 0 Å². The average Bonchev–Trinajstić information content (AvgIpc) is 3.21. The fraction of sp³-hybridized carbons (Fsp3) is 0.240. The van der Waals surface area contributed by atoms with Crippen molar-refractivity contribution in [1.82, 2.24) is 4.98 Å². The summed E-state index contributed by atoms with van der Waals surface area (Å²) >= 11 is 0. The molecule has 0 radical (unpaired) electrons. The van der Waals surface area contributed by atoms with Gasteiger partial charge in [0, 0.05) is 43.0 Å². The van der Waals surface area contributed by atoms with Crippen LogP contribution in [0.15, 0.2) is 67.0 Å². The highest BCUT2D eigenvalue weighted by Gasteiger charge is 2.23. The van der Waals surface area contributed by atoms with Crippen LogP contribution in [-0.4, -0.2) is 23.2 Å². The number of fused-ring (bicyclic) bond motifs is 1. The van der Waals surface area contributed by atoms with Crippen LogP contribution in [0.4, 0.5) is 5.69 Å². The first kappa shape index (κ1) is 19.1. The maximum atomic E-state index is 12.5. The molecule has 0 spiro atoms. The number of nitrogens with zero attached hydrogens (tertiary/aromatic N) is 2. The Morgan fingerprint density at radius 1 is 0.966 bits per heavy atom. The van der Waals surface area contributed by atoms with Crippen LogP contribution < -0.4 is 4.90 Å². The summed E-state index contributed by atoms with van der Waals surface area (Å²) in [5.41, 5.74) is 6.30. The van der Waals surface area contributed by atoms with Crippen molar-refractivity contribution in [1.29, 1.82) is 0 Å². The second-order valence-electron chi connectivity index (χ2n) is 7.35. The summed E-state index contributed by atoms with van der Waals surface area (Å²) in [6.45, 7) is 2.66. The molecule has 2 heterocycles. The van der Waals surface area contributed by atoms with E-state index in [-0.39, 0.29) is 11.7 Å². The third-order valence-electron chi connectivity index (χ3n) is 5.51. The number of anilines is 1. The molecule has 0 saturated carbocycles. The Bertz CT molecular complexity index is 1030. The number of hydrogen-bond donors (Lipinski definition) is 0. The molecule has 1 aliphatic heterocycles. The van der Waals surface area contributed by atoms with Crippen molar-refractivity contribution in [2.24, 2.45) is 0 Å². The quantitative estimate of drug-likeness (QED) is 0.570. The van der Waals surface area contributed by atoms with E-state index in [0.717, 1.165) is 47.3 Å². The lowest BCUT2D eigenvalue weighted by molar-refractivity contribution is -0.118. The molecule has 0 N–H and O–H groups in total. The zero-order valence-corrected chi connectivity index (χ0v) is 16.6. The lowest BCUT2D eigenvalue weighted by Gasteiger charge is -2.16. The van der Waals surface area contributed by atoms with Crippen molar-refractivity contribution in [3.8, 4) is 11.1 Å². The Morgan fingerprint density at radius 2 is 1.69 bits per heavy atom. The molecule has 3 aromatic rings. The summed E-state index contributed by atoms with van der Waals surface area (Å²) < 4.78 is 0. The predicted molar refractivity (Wildman–Crippen MR) is 115 cm³/mol. The minimum atomic E-state index is 0.149. The largest absolute Gasteiger partial charge is 0.312 e. The van der Waals surface area contributed by atoms with Crippen LogP contribution in [0.3, 0.4) is 0 Å².